The summed E-state index contributed by atoms with van der Waals surface area (Å²) in [4.78, 5) is 15.2. The number of rotatable bonds is 5. The van der Waals surface area contributed by atoms with Gasteiger partial charge in [-0.2, -0.15) is 0 Å². The summed E-state index contributed by atoms with van der Waals surface area (Å²) >= 11 is 0. The molecule has 0 radical (unpaired) electrons. The molecule has 0 atom stereocenters. The Morgan fingerprint density at radius 3 is 2.57 bits per heavy atom. The molecule has 0 aliphatic carbocycles. The van der Waals surface area contributed by atoms with Gasteiger partial charge in [0.15, 0.2) is 0 Å². The Hall–Kier alpha value is -2.36. The highest BCUT2D eigenvalue weighted by Crippen LogP contribution is 2.25. The van der Waals surface area contributed by atoms with Gasteiger partial charge < -0.3 is 9.84 Å². The zero-order chi connectivity index (χ0) is 15.4. The Bertz CT molecular complexity index is 665. The number of ether oxygens (including phenoxy) is 1. The lowest BCUT2D eigenvalue weighted by atomic mass is 10.0. The standard InChI is InChI=1S/C17H19NO3/c1-11-10-14(5-8-16(11)21-3)15-7-4-13(12(2)18-15)6-9-17(19)20/h4-5,7-8,10H,6,9H2,1-3H3,(H,19,20). The second-order valence-electron chi connectivity index (χ2n) is 5.02. The van der Waals surface area contributed by atoms with Gasteiger partial charge in [0.1, 0.15) is 5.75 Å². The maximum Gasteiger partial charge on any atom is 0.303 e. The molecule has 0 saturated carbocycles. The van der Waals surface area contributed by atoms with Crippen molar-refractivity contribution in [1.29, 1.82) is 0 Å². The number of aromatic nitrogens is 1. The van der Waals surface area contributed by atoms with E-state index in [2.05, 4.69) is 4.98 Å². The van der Waals surface area contributed by atoms with Crippen molar-refractivity contribution in [2.75, 3.05) is 7.11 Å². The molecule has 110 valence electrons. The summed E-state index contributed by atoms with van der Waals surface area (Å²) < 4.78 is 5.26. The first-order chi connectivity index (χ1) is 10.0. The molecule has 0 saturated heterocycles. The van der Waals surface area contributed by atoms with Crippen LogP contribution >= 0.6 is 0 Å². The molecule has 1 N–H and O–H groups in total. The molecule has 4 heteroatoms. The Morgan fingerprint density at radius 1 is 1.24 bits per heavy atom. The van der Waals surface area contributed by atoms with Crippen LogP contribution in [0, 0.1) is 13.8 Å². The molecule has 0 aliphatic heterocycles. The van der Waals surface area contributed by atoms with Gasteiger partial charge in [-0.05, 0) is 55.7 Å². The highest BCUT2D eigenvalue weighted by Gasteiger charge is 2.07. The van der Waals surface area contributed by atoms with Crippen molar-refractivity contribution < 1.29 is 14.6 Å². The first kappa shape index (κ1) is 15.0. The molecule has 0 bridgehead atoms. The van der Waals surface area contributed by atoms with Crippen molar-refractivity contribution in [3.63, 3.8) is 0 Å². The van der Waals surface area contributed by atoms with Gasteiger partial charge >= 0.3 is 5.97 Å². The summed E-state index contributed by atoms with van der Waals surface area (Å²) in [5, 5.41) is 8.75. The molecular weight excluding hydrogens is 266 g/mol. The van der Waals surface area contributed by atoms with Crippen LogP contribution in [0.2, 0.25) is 0 Å². The summed E-state index contributed by atoms with van der Waals surface area (Å²) in [7, 11) is 1.65. The van der Waals surface area contributed by atoms with E-state index in [1.807, 2.05) is 44.2 Å². The molecule has 1 aromatic heterocycles. The van der Waals surface area contributed by atoms with E-state index in [1.165, 1.54) is 0 Å². The largest absolute Gasteiger partial charge is 0.496 e. The van der Waals surface area contributed by atoms with E-state index in [4.69, 9.17) is 9.84 Å². The van der Waals surface area contributed by atoms with Gasteiger partial charge in [-0.3, -0.25) is 9.78 Å². The molecule has 1 heterocycles. The molecule has 0 amide bonds. The van der Waals surface area contributed by atoms with Crippen LogP contribution in [-0.4, -0.2) is 23.2 Å². The van der Waals surface area contributed by atoms with Crippen LogP contribution in [0.4, 0.5) is 0 Å². The van der Waals surface area contributed by atoms with E-state index in [0.717, 1.165) is 33.8 Å². The zero-order valence-electron chi connectivity index (χ0n) is 12.5. The number of carbonyl (C=O) groups is 1. The molecule has 0 aliphatic rings. The third kappa shape index (κ3) is 3.60. The van der Waals surface area contributed by atoms with Gasteiger partial charge in [0.25, 0.3) is 0 Å². The second kappa shape index (κ2) is 6.39. The summed E-state index contributed by atoms with van der Waals surface area (Å²) in [5.74, 6) is 0.0674. The Morgan fingerprint density at radius 2 is 2.00 bits per heavy atom. The lowest BCUT2D eigenvalue weighted by Crippen LogP contribution is -2.01. The number of carboxylic acids is 1. The average molecular weight is 285 g/mol. The number of carboxylic acid groups (broad SMARTS) is 1. The topological polar surface area (TPSA) is 59.4 Å². The van der Waals surface area contributed by atoms with Crippen molar-refractivity contribution in [3.8, 4) is 17.0 Å². The predicted molar refractivity (Wildman–Crippen MR) is 81.7 cm³/mol. The van der Waals surface area contributed by atoms with Gasteiger partial charge in [-0.1, -0.05) is 6.07 Å². The minimum Gasteiger partial charge on any atom is -0.496 e. The second-order valence-corrected chi connectivity index (χ2v) is 5.02. The van der Waals surface area contributed by atoms with Crippen molar-refractivity contribution in [1.82, 2.24) is 4.98 Å². The number of pyridine rings is 1. The molecular formula is C17H19NO3. The molecule has 2 rings (SSSR count). The number of hydrogen-bond donors (Lipinski definition) is 1. The molecule has 0 fully saturated rings. The number of hydrogen-bond acceptors (Lipinski definition) is 3. The van der Waals surface area contributed by atoms with Crippen molar-refractivity contribution >= 4 is 5.97 Å². The van der Waals surface area contributed by atoms with E-state index in [9.17, 15) is 4.79 Å². The molecule has 1 aromatic carbocycles. The third-order valence-electron chi connectivity index (χ3n) is 3.49. The Balaban J connectivity index is 2.27. The Kier molecular flexibility index (Phi) is 4.58. The molecule has 4 nitrogen and oxygen atoms in total. The fraction of sp³-hybridized carbons (Fsp3) is 0.294. The van der Waals surface area contributed by atoms with Crippen molar-refractivity contribution in [2.24, 2.45) is 0 Å². The SMILES string of the molecule is COc1ccc(-c2ccc(CCC(=O)O)c(C)n2)cc1C. The van der Waals surface area contributed by atoms with Crippen LogP contribution in [0.5, 0.6) is 5.75 Å². The molecule has 0 spiro atoms. The molecule has 2 aromatic rings. The van der Waals surface area contributed by atoms with Crippen LogP contribution in [0.15, 0.2) is 30.3 Å². The quantitative estimate of drug-likeness (QED) is 0.914. The lowest BCUT2D eigenvalue weighted by molar-refractivity contribution is -0.136. The van der Waals surface area contributed by atoms with Crippen LogP contribution < -0.4 is 4.74 Å². The van der Waals surface area contributed by atoms with Gasteiger partial charge in [-0.15, -0.1) is 0 Å². The maximum atomic E-state index is 10.6. The van der Waals surface area contributed by atoms with E-state index < -0.39 is 5.97 Å². The van der Waals surface area contributed by atoms with E-state index >= 15 is 0 Å². The highest BCUT2D eigenvalue weighted by molar-refractivity contribution is 5.67. The third-order valence-corrected chi connectivity index (χ3v) is 3.49. The zero-order valence-corrected chi connectivity index (χ0v) is 12.5. The van der Waals surface area contributed by atoms with Crippen molar-refractivity contribution in [2.45, 2.75) is 26.7 Å². The number of methoxy groups -OCH3 is 1. The lowest BCUT2D eigenvalue weighted by Gasteiger charge is -2.09. The number of aryl methyl sites for hydroxylation is 3. The summed E-state index contributed by atoms with van der Waals surface area (Å²) in [6.07, 6.45) is 0.638. The minimum absolute atomic E-state index is 0.128. The summed E-state index contributed by atoms with van der Waals surface area (Å²) in [6.45, 7) is 3.91. The van der Waals surface area contributed by atoms with E-state index in [0.29, 0.717) is 6.42 Å². The van der Waals surface area contributed by atoms with Gasteiger partial charge in [-0.25, -0.2) is 0 Å². The number of aliphatic carboxylic acids is 1. The van der Waals surface area contributed by atoms with Crippen LogP contribution in [-0.2, 0) is 11.2 Å². The first-order valence-electron chi connectivity index (χ1n) is 6.84. The van der Waals surface area contributed by atoms with Gasteiger partial charge in [0, 0.05) is 17.7 Å². The molecule has 0 unspecified atom stereocenters. The van der Waals surface area contributed by atoms with E-state index in [1.54, 1.807) is 7.11 Å². The van der Waals surface area contributed by atoms with Gasteiger partial charge in [0.2, 0.25) is 0 Å². The molecule has 21 heavy (non-hydrogen) atoms. The average Bonchev–Trinajstić information content (AvgIpc) is 2.45. The monoisotopic (exact) mass is 285 g/mol. The summed E-state index contributed by atoms with van der Waals surface area (Å²) in [5.41, 5.74) is 4.83. The fourth-order valence-corrected chi connectivity index (χ4v) is 2.29. The minimum atomic E-state index is -0.788. The predicted octanol–water partition coefficient (Wildman–Crippen LogP) is 3.39. The normalized spacial score (nSPS) is 10.4. The van der Waals surface area contributed by atoms with Crippen LogP contribution in [0.25, 0.3) is 11.3 Å². The Labute approximate surface area is 124 Å². The van der Waals surface area contributed by atoms with Crippen LogP contribution in [0.3, 0.4) is 0 Å². The van der Waals surface area contributed by atoms with Crippen LogP contribution in [0.1, 0.15) is 23.2 Å². The van der Waals surface area contributed by atoms with E-state index in [-0.39, 0.29) is 6.42 Å². The van der Waals surface area contributed by atoms with Gasteiger partial charge in [0.05, 0.1) is 12.8 Å². The first-order valence-corrected chi connectivity index (χ1v) is 6.84. The number of nitrogens with zero attached hydrogens (tertiary/aromatic N) is 1. The smallest absolute Gasteiger partial charge is 0.303 e. The number of benzene rings is 1. The fourth-order valence-electron chi connectivity index (χ4n) is 2.29. The summed E-state index contributed by atoms with van der Waals surface area (Å²) in [6, 6.07) is 9.84. The van der Waals surface area contributed by atoms with Crippen molar-refractivity contribution in [3.05, 3.63) is 47.2 Å². The highest BCUT2D eigenvalue weighted by atomic mass is 16.5. The maximum absolute atomic E-state index is 10.6.